The molecule has 9 rings (SSSR count). The van der Waals surface area contributed by atoms with E-state index in [1.165, 1.54) is 56.7 Å². The number of hydrogen-bond donors (Lipinski definition) is 0. The van der Waals surface area contributed by atoms with Crippen molar-refractivity contribution in [2.45, 2.75) is 83.0 Å². The Bertz CT molecular complexity index is 3050. The van der Waals surface area contributed by atoms with E-state index in [1.807, 2.05) is 109 Å². The molecule has 1 fully saturated rings. The maximum atomic E-state index is 11.4. The van der Waals surface area contributed by atoms with Gasteiger partial charge < -0.3 is 28.4 Å². The molecule has 0 radical (unpaired) electrons. The van der Waals surface area contributed by atoms with Gasteiger partial charge in [-0.25, -0.2) is 0 Å². The number of carbonyl (C=O) groups is 3. The van der Waals surface area contributed by atoms with Crippen LogP contribution in [-0.2, 0) is 30.6 Å². The van der Waals surface area contributed by atoms with Crippen molar-refractivity contribution in [1.82, 2.24) is 0 Å². The summed E-state index contributed by atoms with van der Waals surface area (Å²) in [4.78, 5) is 33.4. The van der Waals surface area contributed by atoms with Gasteiger partial charge >= 0.3 is 17.9 Å². The summed E-state index contributed by atoms with van der Waals surface area (Å²) in [7, 11) is 5.03. The van der Waals surface area contributed by atoms with E-state index in [2.05, 4.69) is 111 Å². The van der Waals surface area contributed by atoms with E-state index >= 15 is 0 Å². The van der Waals surface area contributed by atoms with Crippen LogP contribution in [0.3, 0.4) is 0 Å². The lowest BCUT2D eigenvalue weighted by molar-refractivity contribution is -0.132. The van der Waals surface area contributed by atoms with Crippen LogP contribution < -0.4 is 28.4 Å². The zero-order chi connectivity index (χ0) is 54.1. The number of ether oxygens (including phenoxy) is 6. The summed E-state index contributed by atoms with van der Waals surface area (Å²) < 4.78 is 31.4. The lowest BCUT2D eigenvalue weighted by Crippen LogP contribution is -2.31. The molecule has 390 valence electrons. The third-order valence-corrected chi connectivity index (χ3v) is 14.2. The van der Waals surface area contributed by atoms with Gasteiger partial charge in [-0.1, -0.05) is 167 Å². The van der Waals surface area contributed by atoms with Gasteiger partial charge in [0.2, 0.25) is 0 Å². The minimum atomic E-state index is -0.552. The van der Waals surface area contributed by atoms with Gasteiger partial charge in [0.15, 0.2) is 0 Å². The second-order valence-electron chi connectivity index (χ2n) is 19.3. The summed E-state index contributed by atoms with van der Waals surface area (Å²) in [5.74, 6) is 3.31. The Balaban J connectivity index is 0.000000170. The van der Waals surface area contributed by atoms with Crippen molar-refractivity contribution >= 4 is 17.9 Å². The lowest BCUT2D eigenvalue weighted by atomic mass is 9.65. The average molecular weight is 1020 g/mol. The van der Waals surface area contributed by atoms with Crippen LogP contribution in [0.4, 0.5) is 0 Å². The number of esters is 3. The topological polar surface area (TPSA) is 107 Å². The van der Waals surface area contributed by atoms with Gasteiger partial charge in [-0.3, -0.25) is 14.4 Å². The Morgan fingerprint density at radius 1 is 0.342 bits per heavy atom. The van der Waals surface area contributed by atoms with Gasteiger partial charge in [0, 0.05) is 31.6 Å². The molecular weight excluding hydrogens is 949 g/mol. The standard InChI is InChI=1S/C28H24O3.C21H24O3.C18H20O3/c1-21(29)31-27-19-15-25(16-20-27)28(22-9-5-3-6-10-22,23-11-7-4-8-12-23)24-13-17-26(30-2)18-14-24;1-16(22)24-20-12-8-18(9-13-20)21(14-4-3-5-15-21)17-6-10-19(23-2)11-7-17;1-13(19)21-17-11-7-15(8-12-17)18(2,3)14-5-9-16(20-4)10-6-14/h3-20H,1-2H3;6-13H,3-5,14-15H2,1-2H3;5-12H,1-4H3. The highest BCUT2D eigenvalue weighted by molar-refractivity contribution is 5.70. The highest BCUT2D eigenvalue weighted by Gasteiger charge is 2.39. The molecular formula is C67H68O9. The second kappa shape index (κ2) is 25.7. The van der Waals surface area contributed by atoms with Crippen molar-refractivity contribution in [1.29, 1.82) is 0 Å². The number of rotatable bonds is 14. The van der Waals surface area contributed by atoms with E-state index in [0.29, 0.717) is 17.2 Å². The molecule has 76 heavy (non-hydrogen) atoms. The van der Waals surface area contributed by atoms with E-state index < -0.39 is 5.41 Å². The molecule has 1 saturated carbocycles. The molecule has 0 bridgehead atoms. The fraction of sp³-hybridized carbons (Fsp3) is 0.239. The molecule has 9 nitrogen and oxygen atoms in total. The summed E-state index contributed by atoms with van der Waals surface area (Å²) >= 11 is 0. The van der Waals surface area contributed by atoms with Gasteiger partial charge in [0.1, 0.15) is 34.5 Å². The molecule has 1 aliphatic rings. The molecule has 1 aliphatic carbocycles. The van der Waals surface area contributed by atoms with Crippen LogP contribution in [0.25, 0.3) is 0 Å². The van der Waals surface area contributed by atoms with E-state index in [1.54, 1.807) is 21.3 Å². The highest BCUT2D eigenvalue weighted by atomic mass is 16.5. The van der Waals surface area contributed by atoms with Crippen LogP contribution >= 0.6 is 0 Å². The summed E-state index contributed by atoms with van der Waals surface area (Å²) in [6.45, 7) is 8.55. The summed E-state index contributed by atoms with van der Waals surface area (Å²) in [6, 6.07) is 69.0. The Labute approximate surface area is 448 Å². The highest BCUT2D eigenvalue weighted by Crippen LogP contribution is 2.47. The maximum absolute atomic E-state index is 11.4. The molecule has 0 aromatic heterocycles. The number of carbonyl (C=O) groups excluding carboxylic acids is 3. The zero-order valence-corrected chi connectivity index (χ0v) is 44.8. The first kappa shape index (κ1) is 55.3. The van der Waals surface area contributed by atoms with Crippen molar-refractivity contribution < 1.29 is 42.8 Å². The molecule has 0 saturated heterocycles. The van der Waals surface area contributed by atoms with Crippen molar-refractivity contribution in [3.8, 4) is 34.5 Å². The van der Waals surface area contributed by atoms with E-state index in [0.717, 1.165) is 57.9 Å². The first-order valence-corrected chi connectivity index (χ1v) is 25.6. The van der Waals surface area contributed by atoms with Gasteiger partial charge in [-0.2, -0.15) is 0 Å². The SMILES string of the molecule is COc1ccc(C(C)(C)c2ccc(OC(C)=O)cc2)cc1.COc1ccc(C(c2ccccc2)(c2ccccc2)c2ccc(OC(C)=O)cc2)cc1.COc1ccc(C2(c3ccc(OC(C)=O)cc3)CCCCC2)cc1. The van der Waals surface area contributed by atoms with Crippen LogP contribution in [0.2, 0.25) is 0 Å². The molecule has 0 N–H and O–H groups in total. The quantitative estimate of drug-likeness (QED) is 0.0598. The number of hydrogen-bond acceptors (Lipinski definition) is 9. The monoisotopic (exact) mass is 1020 g/mol. The Morgan fingerprint density at radius 2 is 0.605 bits per heavy atom. The molecule has 0 unspecified atom stereocenters. The Kier molecular flexibility index (Phi) is 18.7. The normalized spacial score (nSPS) is 12.7. The average Bonchev–Trinajstić information content (AvgIpc) is 3.48. The van der Waals surface area contributed by atoms with E-state index in [9.17, 15) is 14.4 Å². The predicted molar refractivity (Wildman–Crippen MR) is 300 cm³/mol. The zero-order valence-electron chi connectivity index (χ0n) is 44.8. The number of methoxy groups -OCH3 is 3. The van der Waals surface area contributed by atoms with Crippen LogP contribution in [0.5, 0.6) is 34.5 Å². The predicted octanol–water partition coefficient (Wildman–Crippen LogP) is 14.8. The van der Waals surface area contributed by atoms with Gasteiger partial charge in [0.05, 0.1) is 26.7 Å². The Hall–Kier alpha value is -8.43. The molecule has 0 spiro atoms. The molecule has 9 heteroatoms. The largest absolute Gasteiger partial charge is 0.497 e. The minimum Gasteiger partial charge on any atom is -0.497 e. The van der Waals surface area contributed by atoms with Crippen LogP contribution in [0, 0.1) is 0 Å². The molecule has 8 aromatic carbocycles. The van der Waals surface area contributed by atoms with E-state index in [4.69, 9.17) is 28.4 Å². The fourth-order valence-electron chi connectivity index (χ4n) is 10.3. The van der Waals surface area contributed by atoms with Crippen molar-refractivity contribution in [3.05, 3.63) is 251 Å². The molecule has 0 atom stereocenters. The summed E-state index contributed by atoms with van der Waals surface area (Å²) in [5, 5.41) is 0. The van der Waals surface area contributed by atoms with Crippen LogP contribution in [0.15, 0.2) is 206 Å². The first-order valence-electron chi connectivity index (χ1n) is 25.6. The Morgan fingerprint density at radius 3 is 0.908 bits per heavy atom. The fourth-order valence-corrected chi connectivity index (χ4v) is 10.3. The molecule has 0 amide bonds. The summed E-state index contributed by atoms with van der Waals surface area (Å²) in [6.07, 6.45) is 6.05. The van der Waals surface area contributed by atoms with Gasteiger partial charge in [-0.15, -0.1) is 0 Å². The van der Waals surface area contributed by atoms with Gasteiger partial charge in [-0.05, 0) is 130 Å². The lowest BCUT2D eigenvalue weighted by Gasteiger charge is -2.38. The minimum absolute atomic E-state index is 0.0409. The first-order chi connectivity index (χ1) is 36.7. The summed E-state index contributed by atoms with van der Waals surface area (Å²) in [5.41, 5.74) is 8.82. The third kappa shape index (κ3) is 13.3. The molecule has 0 aliphatic heterocycles. The smallest absolute Gasteiger partial charge is 0.308 e. The molecule has 8 aromatic rings. The van der Waals surface area contributed by atoms with E-state index in [-0.39, 0.29) is 28.7 Å². The van der Waals surface area contributed by atoms with Crippen molar-refractivity contribution in [3.63, 3.8) is 0 Å². The second-order valence-corrected chi connectivity index (χ2v) is 19.3. The van der Waals surface area contributed by atoms with Crippen molar-refractivity contribution in [2.24, 2.45) is 0 Å². The molecule has 0 heterocycles. The maximum Gasteiger partial charge on any atom is 0.308 e. The van der Waals surface area contributed by atoms with Crippen molar-refractivity contribution in [2.75, 3.05) is 21.3 Å². The van der Waals surface area contributed by atoms with Crippen LogP contribution in [-0.4, -0.2) is 39.2 Å². The van der Waals surface area contributed by atoms with Crippen LogP contribution in [0.1, 0.15) is 111 Å². The van der Waals surface area contributed by atoms with Gasteiger partial charge in [0.25, 0.3) is 0 Å². The third-order valence-electron chi connectivity index (χ3n) is 14.2. The number of benzene rings is 8.